The van der Waals surface area contributed by atoms with Crippen molar-refractivity contribution in [3.63, 3.8) is 0 Å². The summed E-state index contributed by atoms with van der Waals surface area (Å²) in [5.41, 5.74) is 7.14. The number of phenolic OH excluding ortho intramolecular Hbond substituents is 1. The van der Waals surface area contributed by atoms with Gasteiger partial charge in [0.05, 0.1) is 0 Å². The maximum absolute atomic E-state index is 9.20. The Balaban J connectivity index is 2.28. The number of rotatable bonds is 2. The molecule has 2 rings (SSSR count). The summed E-state index contributed by atoms with van der Waals surface area (Å²) in [5.74, 6) is 0.916. The van der Waals surface area contributed by atoms with Crippen LogP contribution in [-0.2, 0) is 0 Å². The maximum atomic E-state index is 9.20. The largest absolute Gasteiger partial charge is 0.508 e. The summed E-state index contributed by atoms with van der Waals surface area (Å²) in [7, 11) is 0. The highest BCUT2D eigenvalue weighted by atomic mass is 79.9. The van der Waals surface area contributed by atoms with Crippen LogP contribution in [0.1, 0.15) is 24.4 Å². The lowest BCUT2D eigenvalue weighted by Crippen LogP contribution is -2.12. The van der Waals surface area contributed by atoms with Gasteiger partial charge in [-0.1, -0.05) is 22.0 Å². The average molecular weight is 242 g/mol. The van der Waals surface area contributed by atoms with E-state index in [9.17, 15) is 5.11 Å². The van der Waals surface area contributed by atoms with Crippen LogP contribution in [0.5, 0.6) is 5.75 Å². The van der Waals surface area contributed by atoms with E-state index in [1.54, 1.807) is 12.1 Å². The summed E-state index contributed by atoms with van der Waals surface area (Å²) in [4.78, 5) is 0. The summed E-state index contributed by atoms with van der Waals surface area (Å²) >= 11 is 3.40. The minimum absolute atomic E-state index is 0.120. The van der Waals surface area contributed by atoms with Crippen molar-refractivity contribution in [1.82, 2.24) is 0 Å². The van der Waals surface area contributed by atoms with Gasteiger partial charge in [-0.25, -0.2) is 0 Å². The second-order valence-electron chi connectivity index (χ2n) is 3.57. The number of aromatic hydroxyl groups is 1. The Morgan fingerprint density at radius 3 is 2.69 bits per heavy atom. The van der Waals surface area contributed by atoms with Crippen LogP contribution in [0.15, 0.2) is 22.7 Å². The van der Waals surface area contributed by atoms with Crippen molar-refractivity contribution < 1.29 is 5.11 Å². The first-order chi connectivity index (χ1) is 6.18. The van der Waals surface area contributed by atoms with E-state index in [1.807, 2.05) is 6.07 Å². The predicted molar refractivity (Wildman–Crippen MR) is 55.5 cm³/mol. The van der Waals surface area contributed by atoms with Crippen molar-refractivity contribution in [3.05, 3.63) is 28.2 Å². The highest BCUT2D eigenvalue weighted by Gasteiger charge is 2.30. The molecule has 0 aromatic heterocycles. The van der Waals surface area contributed by atoms with Gasteiger partial charge in [0.2, 0.25) is 0 Å². The van der Waals surface area contributed by atoms with E-state index in [1.165, 1.54) is 12.8 Å². The minimum atomic E-state index is 0.120. The lowest BCUT2D eigenvalue weighted by molar-refractivity contribution is 0.474. The predicted octanol–water partition coefficient (Wildman–Crippen LogP) is 2.56. The molecule has 0 radical (unpaired) electrons. The average Bonchev–Trinajstić information content (AvgIpc) is 2.85. The molecule has 0 bridgehead atoms. The second-order valence-corrected chi connectivity index (χ2v) is 4.42. The van der Waals surface area contributed by atoms with E-state index in [2.05, 4.69) is 15.9 Å². The van der Waals surface area contributed by atoms with Crippen LogP contribution in [-0.4, -0.2) is 5.11 Å². The number of benzene rings is 1. The number of nitrogens with two attached hydrogens (primary N) is 1. The van der Waals surface area contributed by atoms with Crippen LogP contribution in [0.25, 0.3) is 0 Å². The third-order valence-electron chi connectivity index (χ3n) is 2.47. The Hall–Kier alpha value is -0.540. The molecule has 0 amide bonds. The molecule has 0 spiro atoms. The lowest BCUT2D eigenvalue weighted by atomic mass is 10.0. The number of phenols is 1. The SMILES string of the molecule is N[C@@H](c1ccc(O)cc1Br)C1CC1. The van der Waals surface area contributed by atoms with Crippen molar-refractivity contribution in [2.75, 3.05) is 0 Å². The van der Waals surface area contributed by atoms with Gasteiger partial charge < -0.3 is 10.8 Å². The van der Waals surface area contributed by atoms with E-state index in [-0.39, 0.29) is 11.8 Å². The molecule has 1 fully saturated rings. The van der Waals surface area contributed by atoms with Crippen molar-refractivity contribution in [1.29, 1.82) is 0 Å². The summed E-state index contributed by atoms with van der Waals surface area (Å²) in [6, 6.07) is 5.39. The van der Waals surface area contributed by atoms with Gasteiger partial charge in [0.25, 0.3) is 0 Å². The fourth-order valence-electron chi connectivity index (χ4n) is 1.50. The monoisotopic (exact) mass is 241 g/mol. The molecule has 0 saturated heterocycles. The van der Waals surface area contributed by atoms with E-state index >= 15 is 0 Å². The highest BCUT2D eigenvalue weighted by Crippen LogP contribution is 2.41. The van der Waals surface area contributed by atoms with Gasteiger partial charge in [0.15, 0.2) is 0 Å². The molecule has 1 aliphatic carbocycles. The molecule has 3 heteroatoms. The zero-order valence-corrected chi connectivity index (χ0v) is 8.79. The minimum Gasteiger partial charge on any atom is -0.508 e. The van der Waals surface area contributed by atoms with E-state index in [0.29, 0.717) is 5.92 Å². The van der Waals surface area contributed by atoms with Gasteiger partial charge in [-0.15, -0.1) is 0 Å². The number of halogens is 1. The summed E-state index contributed by atoms with van der Waals surface area (Å²) in [6.45, 7) is 0. The molecular weight excluding hydrogens is 230 g/mol. The first kappa shape index (κ1) is 9.03. The third kappa shape index (κ3) is 1.86. The van der Waals surface area contributed by atoms with E-state index < -0.39 is 0 Å². The first-order valence-electron chi connectivity index (χ1n) is 4.42. The molecule has 2 nitrogen and oxygen atoms in total. The maximum Gasteiger partial charge on any atom is 0.116 e. The van der Waals surface area contributed by atoms with Crippen molar-refractivity contribution in [2.45, 2.75) is 18.9 Å². The zero-order chi connectivity index (χ0) is 9.42. The molecule has 0 aliphatic heterocycles. The van der Waals surface area contributed by atoms with Gasteiger partial charge in [0, 0.05) is 10.5 Å². The van der Waals surface area contributed by atoms with E-state index in [4.69, 9.17) is 5.73 Å². The van der Waals surface area contributed by atoms with Gasteiger partial charge in [-0.05, 0) is 36.5 Å². The van der Waals surface area contributed by atoms with Gasteiger partial charge in [0.1, 0.15) is 5.75 Å². The van der Waals surface area contributed by atoms with Crippen LogP contribution >= 0.6 is 15.9 Å². The quantitative estimate of drug-likeness (QED) is 0.837. The number of hydrogen-bond acceptors (Lipinski definition) is 2. The fraction of sp³-hybridized carbons (Fsp3) is 0.400. The molecule has 1 aromatic carbocycles. The van der Waals surface area contributed by atoms with Crippen molar-refractivity contribution >= 4 is 15.9 Å². The molecule has 0 unspecified atom stereocenters. The molecule has 70 valence electrons. The van der Waals surface area contributed by atoms with Gasteiger partial charge >= 0.3 is 0 Å². The van der Waals surface area contributed by atoms with Crippen molar-refractivity contribution in [2.24, 2.45) is 11.7 Å². The fourth-order valence-corrected chi connectivity index (χ4v) is 2.13. The van der Waals surface area contributed by atoms with Crippen LogP contribution in [0, 0.1) is 5.92 Å². The Morgan fingerprint density at radius 2 is 2.15 bits per heavy atom. The molecule has 1 atom stereocenters. The summed E-state index contributed by atoms with van der Waals surface area (Å²) < 4.78 is 0.909. The molecule has 1 saturated carbocycles. The molecule has 0 heterocycles. The second kappa shape index (κ2) is 3.31. The first-order valence-corrected chi connectivity index (χ1v) is 5.22. The van der Waals surface area contributed by atoms with Crippen LogP contribution in [0.4, 0.5) is 0 Å². The Morgan fingerprint density at radius 1 is 1.46 bits per heavy atom. The van der Waals surface area contributed by atoms with E-state index in [0.717, 1.165) is 10.0 Å². The smallest absolute Gasteiger partial charge is 0.116 e. The van der Waals surface area contributed by atoms with Crippen molar-refractivity contribution in [3.8, 4) is 5.75 Å². The molecule has 1 aromatic rings. The molecule has 13 heavy (non-hydrogen) atoms. The Labute approximate surface area is 85.9 Å². The normalized spacial score (nSPS) is 18.6. The standard InChI is InChI=1S/C10H12BrNO/c11-9-5-7(13)3-4-8(9)10(12)6-1-2-6/h3-6,10,13H,1-2,12H2/t10-/m1/s1. The van der Waals surface area contributed by atoms with Crippen LogP contribution in [0.2, 0.25) is 0 Å². The Kier molecular flexibility index (Phi) is 2.30. The molecule has 3 N–H and O–H groups in total. The number of hydrogen-bond donors (Lipinski definition) is 2. The summed E-state index contributed by atoms with van der Waals surface area (Å²) in [5, 5.41) is 9.20. The summed E-state index contributed by atoms with van der Waals surface area (Å²) in [6.07, 6.45) is 2.46. The third-order valence-corrected chi connectivity index (χ3v) is 3.16. The Bertz CT molecular complexity index is 323. The molecule has 1 aliphatic rings. The van der Waals surface area contributed by atoms with Crippen LogP contribution in [0.3, 0.4) is 0 Å². The lowest BCUT2D eigenvalue weighted by Gasteiger charge is -2.12. The highest BCUT2D eigenvalue weighted by molar-refractivity contribution is 9.10. The topological polar surface area (TPSA) is 46.2 Å². The van der Waals surface area contributed by atoms with Gasteiger partial charge in [-0.3, -0.25) is 0 Å². The molecular formula is C10H12BrNO. The zero-order valence-electron chi connectivity index (χ0n) is 7.20. The van der Waals surface area contributed by atoms with Gasteiger partial charge in [-0.2, -0.15) is 0 Å². The van der Waals surface area contributed by atoms with Crippen LogP contribution < -0.4 is 5.73 Å².